The first-order valence-electron chi connectivity index (χ1n) is 6.26. The van der Waals surface area contributed by atoms with Gasteiger partial charge < -0.3 is 15.0 Å². The Kier molecular flexibility index (Phi) is 5.92. The maximum absolute atomic E-state index is 11.2. The minimum Gasteiger partial charge on any atom is -0.465 e. The van der Waals surface area contributed by atoms with E-state index in [1.165, 1.54) is 6.07 Å². The smallest absolute Gasteiger partial charge is 0.319 e. The molecule has 0 bridgehead atoms. The lowest BCUT2D eigenvalue weighted by atomic mass is 10.1. The number of carbonyl (C=O) groups excluding carboxylic acids is 1. The standard InChI is InChI=1S/C13H19N3O4/c1-4-20-13(17)9-14-8-10-7-11(15(2)3)5-6-12(10)16(18)19/h5-7,14H,4,8-9H2,1-3H3. The lowest BCUT2D eigenvalue weighted by Gasteiger charge is -2.14. The van der Waals surface area contributed by atoms with Crippen LogP contribution >= 0.6 is 0 Å². The van der Waals surface area contributed by atoms with Crippen molar-refractivity contribution in [3.8, 4) is 0 Å². The van der Waals surface area contributed by atoms with Gasteiger partial charge in [0.25, 0.3) is 5.69 Å². The molecule has 0 aromatic heterocycles. The number of nitro groups is 1. The van der Waals surface area contributed by atoms with Gasteiger partial charge in [-0.25, -0.2) is 0 Å². The Morgan fingerprint density at radius 2 is 2.15 bits per heavy atom. The number of carbonyl (C=O) groups is 1. The third kappa shape index (κ3) is 4.51. The van der Waals surface area contributed by atoms with Crippen molar-refractivity contribution in [3.63, 3.8) is 0 Å². The minimum atomic E-state index is -0.430. The molecular formula is C13H19N3O4. The average molecular weight is 281 g/mol. The molecule has 0 saturated carbocycles. The minimum absolute atomic E-state index is 0.0250. The number of hydrogen-bond donors (Lipinski definition) is 1. The molecule has 0 heterocycles. The topological polar surface area (TPSA) is 84.7 Å². The number of hydrogen-bond acceptors (Lipinski definition) is 6. The second kappa shape index (κ2) is 7.44. The lowest BCUT2D eigenvalue weighted by molar-refractivity contribution is -0.385. The molecular weight excluding hydrogens is 262 g/mol. The van der Waals surface area contributed by atoms with Gasteiger partial charge in [0.2, 0.25) is 0 Å². The van der Waals surface area contributed by atoms with Gasteiger partial charge in [0, 0.05) is 38.0 Å². The molecule has 1 N–H and O–H groups in total. The fourth-order valence-electron chi connectivity index (χ4n) is 1.68. The van der Waals surface area contributed by atoms with Crippen LogP contribution in [0.25, 0.3) is 0 Å². The number of nitrogens with one attached hydrogen (secondary N) is 1. The summed E-state index contributed by atoms with van der Waals surface area (Å²) in [7, 11) is 3.72. The maximum atomic E-state index is 11.2. The van der Waals surface area contributed by atoms with Crippen molar-refractivity contribution in [2.24, 2.45) is 0 Å². The average Bonchev–Trinajstić information content (AvgIpc) is 2.38. The van der Waals surface area contributed by atoms with E-state index in [1.54, 1.807) is 19.1 Å². The molecule has 0 spiro atoms. The highest BCUT2D eigenvalue weighted by Gasteiger charge is 2.15. The number of rotatable bonds is 7. The fraction of sp³-hybridized carbons (Fsp3) is 0.462. The van der Waals surface area contributed by atoms with Crippen LogP contribution in [0.2, 0.25) is 0 Å². The third-order valence-electron chi connectivity index (χ3n) is 2.67. The first-order valence-corrected chi connectivity index (χ1v) is 6.26. The Bertz CT molecular complexity index is 489. The summed E-state index contributed by atoms with van der Waals surface area (Å²) in [6.07, 6.45) is 0. The SMILES string of the molecule is CCOC(=O)CNCc1cc(N(C)C)ccc1[N+](=O)[O-]. The van der Waals surface area contributed by atoms with Crippen LogP contribution < -0.4 is 10.2 Å². The Balaban J connectivity index is 2.77. The van der Waals surface area contributed by atoms with E-state index in [9.17, 15) is 14.9 Å². The van der Waals surface area contributed by atoms with E-state index in [-0.39, 0.29) is 24.7 Å². The molecule has 110 valence electrons. The summed E-state index contributed by atoms with van der Waals surface area (Å²) in [4.78, 5) is 23.6. The summed E-state index contributed by atoms with van der Waals surface area (Å²) >= 11 is 0. The van der Waals surface area contributed by atoms with Crippen LogP contribution in [-0.4, -0.2) is 38.1 Å². The van der Waals surface area contributed by atoms with E-state index < -0.39 is 4.92 Å². The largest absolute Gasteiger partial charge is 0.465 e. The van der Waals surface area contributed by atoms with Crippen LogP contribution in [0.1, 0.15) is 12.5 Å². The second-order valence-corrected chi connectivity index (χ2v) is 4.37. The number of benzene rings is 1. The molecule has 1 aromatic rings. The molecule has 0 aliphatic carbocycles. The van der Waals surface area contributed by atoms with Crippen molar-refractivity contribution in [2.45, 2.75) is 13.5 Å². The maximum Gasteiger partial charge on any atom is 0.319 e. The van der Waals surface area contributed by atoms with Gasteiger partial charge >= 0.3 is 5.97 Å². The normalized spacial score (nSPS) is 10.2. The molecule has 20 heavy (non-hydrogen) atoms. The zero-order valence-electron chi connectivity index (χ0n) is 11.9. The summed E-state index contributed by atoms with van der Waals surface area (Å²) in [5.41, 5.74) is 1.43. The van der Waals surface area contributed by atoms with E-state index in [4.69, 9.17) is 4.74 Å². The van der Waals surface area contributed by atoms with Crippen LogP contribution in [0, 0.1) is 10.1 Å². The molecule has 0 fully saturated rings. The highest BCUT2D eigenvalue weighted by Crippen LogP contribution is 2.23. The zero-order valence-corrected chi connectivity index (χ0v) is 11.9. The van der Waals surface area contributed by atoms with Crippen molar-refractivity contribution in [3.05, 3.63) is 33.9 Å². The van der Waals surface area contributed by atoms with E-state index in [0.717, 1.165) is 5.69 Å². The van der Waals surface area contributed by atoms with Crippen LogP contribution in [-0.2, 0) is 16.1 Å². The summed E-state index contributed by atoms with van der Waals surface area (Å²) in [5.74, 6) is -0.376. The van der Waals surface area contributed by atoms with Crippen LogP contribution in [0.5, 0.6) is 0 Å². The van der Waals surface area contributed by atoms with Crippen molar-refractivity contribution < 1.29 is 14.5 Å². The quantitative estimate of drug-likeness (QED) is 0.461. The highest BCUT2D eigenvalue weighted by molar-refractivity contribution is 5.71. The number of nitrogens with zero attached hydrogens (tertiary/aromatic N) is 2. The number of anilines is 1. The van der Waals surface area contributed by atoms with Gasteiger partial charge in [-0.1, -0.05) is 0 Å². The lowest BCUT2D eigenvalue weighted by Crippen LogP contribution is -2.24. The zero-order chi connectivity index (χ0) is 15.1. The number of esters is 1. The van der Waals surface area contributed by atoms with E-state index in [0.29, 0.717) is 12.2 Å². The van der Waals surface area contributed by atoms with Crippen LogP contribution in [0.3, 0.4) is 0 Å². The van der Waals surface area contributed by atoms with Gasteiger partial charge in [-0.15, -0.1) is 0 Å². The van der Waals surface area contributed by atoms with Crippen molar-refractivity contribution in [2.75, 3.05) is 32.1 Å². The summed E-state index contributed by atoms with van der Waals surface area (Å²) < 4.78 is 4.78. The molecule has 1 aromatic carbocycles. The molecule has 0 atom stereocenters. The molecule has 0 amide bonds. The molecule has 7 heteroatoms. The van der Waals surface area contributed by atoms with E-state index in [2.05, 4.69) is 5.32 Å². The first kappa shape index (κ1) is 15.9. The van der Waals surface area contributed by atoms with Gasteiger partial charge in [0.1, 0.15) is 0 Å². The molecule has 0 unspecified atom stereocenters. The number of ether oxygens (including phenoxy) is 1. The molecule has 0 saturated heterocycles. The predicted octanol–water partition coefficient (Wildman–Crippen LogP) is 1.31. The van der Waals surface area contributed by atoms with Crippen molar-refractivity contribution in [1.82, 2.24) is 5.32 Å². The summed E-state index contributed by atoms with van der Waals surface area (Å²) in [5, 5.41) is 13.8. The molecule has 1 rings (SSSR count). The van der Waals surface area contributed by atoms with Crippen molar-refractivity contribution >= 4 is 17.3 Å². The Morgan fingerprint density at radius 1 is 1.45 bits per heavy atom. The molecule has 0 aliphatic rings. The first-order chi connectivity index (χ1) is 9.45. The predicted molar refractivity (Wildman–Crippen MR) is 75.8 cm³/mol. The molecule has 0 aliphatic heterocycles. The van der Waals surface area contributed by atoms with Crippen molar-refractivity contribution in [1.29, 1.82) is 0 Å². The van der Waals surface area contributed by atoms with E-state index >= 15 is 0 Å². The van der Waals surface area contributed by atoms with Gasteiger partial charge in [-0.05, 0) is 19.1 Å². The Morgan fingerprint density at radius 3 is 2.70 bits per heavy atom. The van der Waals surface area contributed by atoms with Gasteiger partial charge in [0.05, 0.1) is 18.1 Å². The molecule has 0 radical (unpaired) electrons. The van der Waals surface area contributed by atoms with E-state index in [1.807, 2.05) is 19.0 Å². The van der Waals surface area contributed by atoms with Gasteiger partial charge in [0.15, 0.2) is 0 Å². The summed E-state index contributed by atoms with van der Waals surface area (Å²) in [6.45, 7) is 2.30. The number of nitro benzene ring substituents is 1. The van der Waals surface area contributed by atoms with Gasteiger partial charge in [-0.2, -0.15) is 0 Å². The Labute approximate surface area is 117 Å². The Hall–Kier alpha value is -2.15. The van der Waals surface area contributed by atoms with Crippen LogP contribution in [0.15, 0.2) is 18.2 Å². The third-order valence-corrected chi connectivity index (χ3v) is 2.67. The second-order valence-electron chi connectivity index (χ2n) is 4.37. The molecule has 7 nitrogen and oxygen atoms in total. The highest BCUT2D eigenvalue weighted by atomic mass is 16.6. The van der Waals surface area contributed by atoms with Crippen LogP contribution in [0.4, 0.5) is 11.4 Å². The fourth-order valence-corrected chi connectivity index (χ4v) is 1.68. The van der Waals surface area contributed by atoms with Gasteiger partial charge in [-0.3, -0.25) is 14.9 Å². The monoisotopic (exact) mass is 281 g/mol. The summed E-state index contributed by atoms with van der Waals surface area (Å²) in [6, 6.07) is 4.89.